The Hall–Kier alpha value is -1.42. The van der Waals surface area contributed by atoms with E-state index < -0.39 is 11.5 Å². The molecule has 0 radical (unpaired) electrons. The van der Waals surface area contributed by atoms with Gasteiger partial charge < -0.3 is 10.8 Å². The van der Waals surface area contributed by atoms with E-state index in [-0.39, 0.29) is 6.42 Å². The number of carboxylic acids is 1. The Kier molecular flexibility index (Phi) is 2.63. The molecule has 0 aromatic carbocycles. The summed E-state index contributed by atoms with van der Waals surface area (Å²) >= 11 is 0. The Bertz CT molecular complexity index is 296. The van der Waals surface area contributed by atoms with Gasteiger partial charge in [0, 0.05) is 18.8 Å². The van der Waals surface area contributed by atoms with Crippen LogP contribution in [-0.4, -0.2) is 21.6 Å². The fourth-order valence-corrected chi connectivity index (χ4v) is 1.00. The minimum absolute atomic E-state index is 0.288. The van der Waals surface area contributed by atoms with Crippen molar-refractivity contribution < 1.29 is 9.90 Å². The summed E-state index contributed by atoms with van der Waals surface area (Å²) in [5, 5.41) is 8.76. The van der Waals surface area contributed by atoms with Crippen LogP contribution in [0.4, 0.5) is 0 Å². The summed E-state index contributed by atoms with van der Waals surface area (Å²) in [5.41, 5.74) is 5.17. The van der Waals surface area contributed by atoms with E-state index in [4.69, 9.17) is 10.8 Å². The Labute approximate surface area is 76.4 Å². The predicted molar refractivity (Wildman–Crippen MR) is 48.2 cm³/mol. The number of hydrogen-bond acceptors (Lipinski definition) is 3. The first kappa shape index (κ1) is 9.67. The summed E-state index contributed by atoms with van der Waals surface area (Å²) in [7, 11) is 0. The van der Waals surface area contributed by atoms with Crippen molar-refractivity contribution in [1.29, 1.82) is 0 Å². The molecule has 1 rings (SSSR count). The molecule has 0 saturated carbocycles. The zero-order valence-electron chi connectivity index (χ0n) is 7.40. The third kappa shape index (κ3) is 2.52. The minimum atomic E-state index is -1.22. The molecule has 4 heteroatoms. The SMILES string of the molecule is C[C@@](N)(Cc1cccnc1)C(=O)O. The standard InChI is InChI=1S/C9H12N2O2/c1-9(10,8(12)13)5-7-3-2-4-11-6-7/h2-4,6H,5,10H2,1H3,(H,12,13)/t9-/m1/s1. The third-order valence-electron chi connectivity index (χ3n) is 1.78. The number of hydrogen-bond donors (Lipinski definition) is 2. The van der Waals surface area contributed by atoms with Crippen LogP contribution >= 0.6 is 0 Å². The number of carboxylic acid groups (broad SMARTS) is 1. The molecule has 13 heavy (non-hydrogen) atoms. The molecule has 70 valence electrons. The summed E-state index contributed by atoms with van der Waals surface area (Å²) in [6, 6.07) is 3.56. The second kappa shape index (κ2) is 3.53. The Balaban J connectivity index is 2.75. The van der Waals surface area contributed by atoms with Crippen LogP contribution in [0.15, 0.2) is 24.5 Å². The van der Waals surface area contributed by atoms with Gasteiger partial charge in [-0.15, -0.1) is 0 Å². The second-order valence-electron chi connectivity index (χ2n) is 3.26. The van der Waals surface area contributed by atoms with Crippen molar-refractivity contribution in [3.05, 3.63) is 30.1 Å². The molecule has 1 aromatic rings. The lowest BCUT2D eigenvalue weighted by molar-refractivity contribution is -0.142. The maximum atomic E-state index is 10.7. The number of pyridine rings is 1. The van der Waals surface area contributed by atoms with Gasteiger partial charge in [-0.25, -0.2) is 0 Å². The molecule has 0 unspecified atom stereocenters. The molecule has 0 amide bonds. The van der Waals surface area contributed by atoms with Crippen LogP contribution in [0.3, 0.4) is 0 Å². The highest BCUT2D eigenvalue weighted by Gasteiger charge is 2.27. The average Bonchev–Trinajstić information content (AvgIpc) is 2.05. The molecule has 4 nitrogen and oxygen atoms in total. The Morgan fingerprint density at radius 3 is 2.92 bits per heavy atom. The molecular formula is C9H12N2O2. The number of aromatic nitrogens is 1. The highest BCUT2D eigenvalue weighted by atomic mass is 16.4. The van der Waals surface area contributed by atoms with E-state index in [2.05, 4.69) is 4.98 Å². The van der Waals surface area contributed by atoms with Crippen LogP contribution in [0.1, 0.15) is 12.5 Å². The smallest absolute Gasteiger partial charge is 0.323 e. The van der Waals surface area contributed by atoms with Gasteiger partial charge in [-0.2, -0.15) is 0 Å². The monoisotopic (exact) mass is 180 g/mol. The molecule has 0 bridgehead atoms. The third-order valence-corrected chi connectivity index (χ3v) is 1.78. The lowest BCUT2D eigenvalue weighted by Gasteiger charge is -2.18. The maximum Gasteiger partial charge on any atom is 0.323 e. The van der Waals surface area contributed by atoms with Gasteiger partial charge in [0.25, 0.3) is 0 Å². The summed E-state index contributed by atoms with van der Waals surface area (Å²) in [6.45, 7) is 1.49. The highest BCUT2D eigenvalue weighted by molar-refractivity contribution is 5.78. The number of aliphatic carboxylic acids is 1. The van der Waals surface area contributed by atoms with Gasteiger partial charge in [-0.05, 0) is 18.6 Å². The zero-order chi connectivity index (χ0) is 9.90. The lowest BCUT2D eigenvalue weighted by atomic mass is 9.95. The van der Waals surface area contributed by atoms with Crippen molar-refractivity contribution in [2.45, 2.75) is 18.9 Å². The molecule has 0 aliphatic heterocycles. The van der Waals surface area contributed by atoms with Gasteiger partial charge in [-0.3, -0.25) is 9.78 Å². The largest absolute Gasteiger partial charge is 0.480 e. The van der Waals surface area contributed by atoms with E-state index in [0.717, 1.165) is 5.56 Å². The summed E-state index contributed by atoms with van der Waals surface area (Å²) < 4.78 is 0. The molecule has 0 aliphatic carbocycles. The molecule has 3 N–H and O–H groups in total. The molecule has 0 fully saturated rings. The number of carbonyl (C=O) groups is 1. The van der Waals surface area contributed by atoms with Gasteiger partial charge in [-0.1, -0.05) is 6.07 Å². The van der Waals surface area contributed by atoms with E-state index in [9.17, 15) is 4.79 Å². The normalized spacial score (nSPS) is 14.9. The van der Waals surface area contributed by atoms with Crippen LogP contribution in [0, 0.1) is 0 Å². The second-order valence-corrected chi connectivity index (χ2v) is 3.26. The number of nitrogens with zero attached hydrogens (tertiary/aromatic N) is 1. The Morgan fingerprint density at radius 2 is 2.46 bits per heavy atom. The van der Waals surface area contributed by atoms with Gasteiger partial charge in [0.05, 0.1) is 0 Å². The number of nitrogens with two attached hydrogens (primary N) is 1. The lowest BCUT2D eigenvalue weighted by Crippen LogP contribution is -2.46. The molecule has 1 heterocycles. The van der Waals surface area contributed by atoms with Crippen LogP contribution in [0.2, 0.25) is 0 Å². The van der Waals surface area contributed by atoms with Crippen LogP contribution in [0.5, 0.6) is 0 Å². The number of rotatable bonds is 3. The van der Waals surface area contributed by atoms with E-state index in [0.29, 0.717) is 0 Å². The fourth-order valence-electron chi connectivity index (χ4n) is 1.00. The van der Waals surface area contributed by atoms with E-state index >= 15 is 0 Å². The molecule has 1 atom stereocenters. The van der Waals surface area contributed by atoms with E-state index in [1.807, 2.05) is 0 Å². The molecule has 0 aliphatic rings. The van der Waals surface area contributed by atoms with E-state index in [1.54, 1.807) is 24.5 Å². The van der Waals surface area contributed by atoms with Crippen molar-refractivity contribution in [3.63, 3.8) is 0 Å². The first-order chi connectivity index (χ1) is 6.02. The predicted octanol–water partition coefficient (Wildman–Crippen LogP) is 0.426. The molecule has 0 saturated heterocycles. The topological polar surface area (TPSA) is 76.2 Å². The first-order valence-corrected chi connectivity index (χ1v) is 3.93. The van der Waals surface area contributed by atoms with Gasteiger partial charge in [0.15, 0.2) is 0 Å². The zero-order valence-corrected chi connectivity index (χ0v) is 7.40. The van der Waals surface area contributed by atoms with Crippen molar-refractivity contribution >= 4 is 5.97 Å². The summed E-state index contributed by atoms with van der Waals surface area (Å²) in [5.74, 6) is -1.00. The van der Waals surface area contributed by atoms with Crippen LogP contribution in [0.25, 0.3) is 0 Å². The quantitative estimate of drug-likeness (QED) is 0.707. The van der Waals surface area contributed by atoms with Crippen molar-refractivity contribution in [1.82, 2.24) is 4.98 Å². The highest BCUT2D eigenvalue weighted by Crippen LogP contribution is 2.09. The van der Waals surface area contributed by atoms with E-state index in [1.165, 1.54) is 6.92 Å². The molecule has 0 spiro atoms. The minimum Gasteiger partial charge on any atom is -0.480 e. The molecule has 1 aromatic heterocycles. The first-order valence-electron chi connectivity index (χ1n) is 3.93. The summed E-state index contributed by atoms with van der Waals surface area (Å²) in [4.78, 5) is 14.6. The summed E-state index contributed by atoms with van der Waals surface area (Å²) in [6.07, 6.45) is 3.54. The van der Waals surface area contributed by atoms with Crippen molar-refractivity contribution in [2.75, 3.05) is 0 Å². The fraction of sp³-hybridized carbons (Fsp3) is 0.333. The maximum absolute atomic E-state index is 10.7. The Morgan fingerprint density at radius 1 is 1.77 bits per heavy atom. The van der Waals surface area contributed by atoms with Crippen molar-refractivity contribution in [3.8, 4) is 0 Å². The molecular weight excluding hydrogens is 168 g/mol. The van der Waals surface area contributed by atoms with Gasteiger partial charge in [0.2, 0.25) is 0 Å². The van der Waals surface area contributed by atoms with Gasteiger partial charge in [0.1, 0.15) is 5.54 Å². The van der Waals surface area contributed by atoms with Crippen molar-refractivity contribution in [2.24, 2.45) is 5.73 Å². The van der Waals surface area contributed by atoms with Gasteiger partial charge >= 0.3 is 5.97 Å². The van der Waals surface area contributed by atoms with Crippen LogP contribution in [-0.2, 0) is 11.2 Å². The van der Waals surface area contributed by atoms with Crippen LogP contribution < -0.4 is 5.73 Å². The average molecular weight is 180 g/mol.